The smallest absolute Gasteiger partial charge is 0.272 e. The number of primary amides is 1. The maximum absolute atomic E-state index is 12.8. The number of hydrogen-bond donors (Lipinski definition) is 3. The van der Waals surface area contributed by atoms with E-state index in [1.165, 1.54) is 0 Å². The number of aromatic amines is 1. The first-order valence-corrected chi connectivity index (χ1v) is 9.26. The highest BCUT2D eigenvalue weighted by Gasteiger charge is 2.22. The molecule has 3 aromatic rings. The minimum Gasteiger partial charge on any atom is -0.366 e. The Labute approximate surface area is 160 Å². The number of rotatable bonds is 4. The van der Waals surface area contributed by atoms with E-state index in [1.54, 1.807) is 29.7 Å². The lowest BCUT2D eigenvalue weighted by atomic mass is 10.1. The summed E-state index contributed by atoms with van der Waals surface area (Å²) in [5.74, 6) is -0.146. The molecule has 0 saturated carbocycles. The predicted molar refractivity (Wildman–Crippen MR) is 106 cm³/mol. The van der Waals surface area contributed by atoms with Crippen LogP contribution in [0.15, 0.2) is 23.0 Å². The second kappa shape index (κ2) is 6.63. The van der Waals surface area contributed by atoms with Crippen molar-refractivity contribution >= 4 is 28.4 Å². The van der Waals surface area contributed by atoms with Gasteiger partial charge in [0, 0.05) is 24.3 Å². The van der Waals surface area contributed by atoms with E-state index in [4.69, 9.17) is 5.73 Å². The van der Waals surface area contributed by atoms with Crippen LogP contribution in [0, 0.1) is 6.92 Å². The molecule has 0 fully saturated rings. The number of nitrogens with two attached hydrogens (primary N) is 1. The average Bonchev–Trinajstić information content (AvgIpc) is 3.26. The van der Waals surface area contributed by atoms with Crippen molar-refractivity contribution in [3.05, 3.63) is 56.9 Å². The van der Waals surface area contributed by atoms with E-state index in [0.29, 0.717) is 52.1 Å². The number of amides is 2. The Kier molecular flexibility index (Phi) is 4.26. The van der Waals surface area contributed by atoms with Crippen LogP contribution in [-0.2, 0) is 19.4 Å². The number of carbonyl (C=O) groups excluding carboxylic acids is 2. The van der Waals surface area contributed by atoms with E-state index < -0.39 is 5.91 Å². The van der Waals surface area contributed by atoms with E-state index in [-0.39, 0.29) is 11.5 Å². The molecular weight excluding hydrogens is 358 g/mol. The van der Waals surface area contributed by atoms with Gasteiger partial charge in [-0.15, -0.1) is 0 Å². The molecule has 0 bridgehead atoms. The van der Waals surface area contributed by atoms with Crippen LogP contribution in [0.4, 0.5) is 5.69 Å². The fraction of sp³-hybridized carbons (Fsp3) is 0.300. The largest absolute Gasteiger partial charge is 0.366 e. The molecule has 1 aliphatic heterocycles. The highest BCUT2D eigenvalue weighted by atomic mass is 16.2. The molecule has 28 heavy (non-hydrogen) atoms. The van der Waals surface area contributed by atoms with Crippen molar-refractivity contribution in [3.8, 4) is 0 Å². The summed E-state index contributed by atoms with van der Waals surface area (Å²) in [7, 11) is 0. The molecule has 0 saturated heterocycles. The molecule has 1 aromatic carbocycles. The first kappa shape index (κ1) is 18.0. The Morgan fingerprint density at radius 1 is 1.36 bits per heavy atom. The van der Waals surface area contributed by atoms with Gasteiger partial charge in [0.1, 0.15) is 11.5 Å². The van der Waals surface area contributed by atoms with Crippen molar-refractivity contribution in [2.75, 3.05) is 5.32 Å². The summed E-state index contributed by atoms with van der Waals surface area (Å²) in [5.41, 5.74) is 8.27. The molecule has 0 aliphatic carbocycles. The summed E-state index contributed by atoms with van der Waals surface area (Å²) < 4.78 is 1.69. The molecule has 0 atom stereocenters. The van der Waals surface area contributed by atoms with Crippen LogP contribution in [0.25, 0.3) is 10.9 Å². The molecule has 144 valence electrons. The number of hydrogen-bond acceptors (Lipinski definition) is 4. The number of anilines is 1. The zero-order chi connectivity index (χ0) is 20.0. The van der Waals surface area contributed by atoms with Crippen LogP contribution in [0.2, 0.25) is 0 Å². The zero-order valence-electron chi connectivity index (χ0n) is 15.8. The molecule has 2 amide bonds. The van der Waals surface area contributed by atoms with Crippen molar-refractivity contribution in [3.63, 3.8) is 0 Å². The number of carbonyl (C=O) groups is 2. The molecule has 1 aliphatic rings. The molecule has 0 radical (unpaired) electrons. The minimum atomic E-state index is -0.566. The van der Waals surface area contributed by atoms with Crippen molar-refractivity contribution in [2.24, 2.45) is 5.73 Å². The topological polar surface area (TPSA) is 123 Å². The summed E-state index contributed by atoms with van der Waals surface area (Å²) >= 11 is 0. The van der Waals surface area contributed by atoms with Crippen LogP contribution >= 0.6 is 0 Å². The molecule has 3 heterocycles. The Morgan fingerprint density at radius 3 is 2.86 bits per heavy atom. The van der Waals surface area contributed by atoms with E-state index in [0.717, 1.165) is 18.7 Å². The van der Waals surface area contributed by atoms with Gasteiger partial charge in [0.15, 0.2) is 0 Å². The summed E-state index contributed by atoms with van der Waals surface area (Å²) in [6, 6.07) is 5.10. The van der Waals surface area contributed by atoms with Gasteiger partial charge in [-0.05, 0) is 43.5 Å². The second-order valence-corrected chi connectivity index (χ2v) is 6.97. The van der Waals surface area contributed by atoms with Gasteiger partial charge < -0.3 is 16.0 Å². The van der Waals surface area contributed by atoms with Crippen LogP contribution in [0.1, 0.15) is 51.3 Å². The fourth-order valence-electron chi connectivity index (χ4n) is 3.91. The van der Waals surface area contributed by atoms with Gasteiger partial charge in [0.05, 0.1) is 16.5 Å². The normalized spacial score (nSPS) is 12.9. The van der Waals surface area contributed by atoms with Gasteiger partial charge >= 0.3 is 0 Å². The molecule has 4 N–H and O–H groups in total. The maximum Gasteiger partial charge on any atom is 0.272 e. The highest BCUT2D eigenvalue weighted by Crippen LogP contribution is 2.22. The Balaban J connectivity index is 1.71. The monoisotopic (exact) mass is 379 g/mol. The maximum atomic E-state index is 12.8. The van der Waals surface area contributed by atoms with E-state index in [9.17, 15) is 14.4 Å². The Morgan fingerprint density at radius 2 is 2.14 bits per heavy atom. The number of fused-ring (bicyclic) bond motifs is 2. The third kappa shape index (κ3) is 2.77. The van der Waals surface area contributed by atoms with Crippen LogP contribution in [0.3, 0.4) is 0 Å². The summed E-state index contributed by atoms with van der Waals surface area (Å²) in [6.45, 7) is 4.24. The number of nitrogens with one attached hydrogen (secondary N) is 2. The van der Waals surface area contributed by atoms with Crippen molar-refractivity contribution in [1.29, 1.82) is 0 Å². The number of benzene rings is 1. The van der Waals surface area contributed by atoms with Crippen LogP contribution in [-0.4, -0.2) is 26.3 Å². The van der Waals surface area contributed by atoms with Gasteiger partial charge in [-0.25, -0.2) is 4.98 Å². The van der Waals surface area contributed by atoms with Gasteiger partial charge in [-0.3, -0.25) is 19.0 Å². The number of aryl methyl sites for hydroxylation is 2. The van der Waals surface area contributed by atoms with Gasteiger partial charge in [0.25, 0.3) is 17.4 Å². The highest BCUT2D eigenvalue weighted by molar-refractivity contribution is 6.08. The molecule has 2 aromatic heterocycles. The quantitative estimate of drug-likeness (QED) is 0.640. The van der Waals surface area contributed by atoms with Gasteiger partial charge in [-0.1, -0.05) is 6.92 Å². The molecule has 0 spiro atoms. The SMILES string of the molecule is CCc1c(C(=O)Nc2ccc3nc4n(c(=O)c3c2)CCC4)[nH]c(C)c1C(N)=O. The lowest BCUT2D eigenvalue weighted by molar-refractivity contribution is 0.0998. The number of nitrogens with zero attached hydrogens (tertiary/aromatic N) is 2. The van der Waals surface area contributed by atoms with Crippen LogP contribution < -0.4 is 16.6 Å². The summed E-state index contributed by atoms with van der Waals surface area (Å²) in [6.07, 6.45) is 2.20. The summed E-state index contributed by atoms with van der Waals surface area (Å²) in [4.78, 5) is 44.7. The van der Waals surface area contributed by atoms with Gasteiger partial charge in [0.2, 0.25) is 0 Å². The molecule has 8 heteroatoms. The molecular formula is C20H21N5O3. The number of aromatic nitrogens is 3. The van der Waals surface area contributed by atoms with E-state index in [2.05, 4.69) is 15.3 Å². The lowest BCUT2D eigenvalue weighted by Crippen LogP contribution is -2.21. The third-order valence-corrected chi connectivity index (χ3v) is 5.19. The molecule has 0 unspecified atom stereocenters. The van der Waals surface area contributed by atoms with Crippen molar-refractivity contribution in [2.45, 2.75) is 39.7 Å². The molecule has 8 nitrogen and oxygen atoms in total. The standard InChI is InChI=1S/C20H21N5O3/c1-3-12-16(18(21)26)10(2)22-17(12)19(27)23-11-6-7-14-13(9-11)20(28)25-8-4-5-15(25)24-14/h6-7,9,22H,3-5,8H2,1-2H3,(H2,21,26)(H,23,27). The second-order valence-electron chi connectivity index (χ2n) is 6.97. The first-order valence-electron chi connectivity index (χ1n) is 9.26. The first-order chi connectivity index (χ1) is 13.4. The van der Waals surface area contributed by atoms with E-state index in [1.807, 2.05) is 6.92 Å². The lowest BCUT2D eigenvalue weighted by Gasteiger charge is -2.09. The van der Waals surface area contributed by atoms with Crippen molar-refractivity contribution < 1.29 is 9.59 Å². The average molecular weight is 379 g/mol. The Hall–Kier alpha value is -3.42. The van der Waals surface area contributed by atoms with Gasteiger partial charge in [-0.2, -0.15) is 0 Å². The predicted octanol–water partition coefficient (Wildman–Crippen LogP) is 1.89. The zero-order valence-corrected chi connectivity index (χ0v) is 15.8. The van der Waals surface area contributed by atoms with Crippen molar-refractivity contribution in [1.82, 2.24) is 14.5 Å². The fourth-order valence-corrected chi connectivity index (χ4v) is 3.91. The minimum absolute atomic E-state index is 0.0884. The van der Waals surface area contributed by atoms with Crippen LogP contribution in [0.5, 0.6) is 0 Å². The summed E-state index contributed by atoms with van der Waals surface area (Å²) in [5, 5.41) is 3.27. The third-order valence-electron chi connectivity index (χ3n) is 5.19. The van der Waals surface area contributed by atoms with E-state index >= 15 is 0 Å². The molecule has 4 rings (SSSR count). The number of H-pyrrole nitrogens is 1. The Bertz CT molecular complexity index is 1190.